The highest BCUT2D eigenvalue weighted by Crippen LogP contribution is 2.27. The Hall–Kier alpha value is -3.33. The van der Waals surface area contributed by atoms with E-state index in [1.54, 1.807) is 0 Å². The first-order valence-corrected chi connectivity index (χ1v) is 6.89. The van der Waals surface area contributed by atoms with Crippen molar-refractivity contribution in [3.63, 3.8) is 0 Å². The fourth-order valence-electron chi connectivity index (χ4n) is 1.81. The van der Waals surface area contributed by atoms with Gasteiger partial charge in [-0.15, -0.1) is 0 Å². The second-order valence-corrected chi connectivity index (χ2v) is 5.06. The maximum absolute atomic E-state index is 10.9. The molecule has 124 valence electrons. The molecule has 8 nitrogen and oxygen atoms in total. The zero-order valence-corrected chi connectivity index (χ0v) is 12.8. The van der Waals surface area contributed by atoms with Gasteiger partial charge in [-0.2, -0.15) is 0 Å². The van der Waals surface area contributed by atoms with Crippen LogP contribution in [0, 0.1) is 0 Å². The Morgan fingerprint density at radius 2 is 1.17 bits per heavy atom. The van der Waals surface area contributed by atoms with E-state index in [1.807, 2.05) is 0 Å². The van der Waals surface area contributed by atoms with E-state index < -0.39 is 11.9 Å². The number of hydrogen-bond donors (Lipinski definition) is 6. The summed E-state index contributed by atoms with van der Waals surface area (Å²) in [7, 11) is 0. The largest absolute Gasteiger partial charge is 0.506 e. The van der Waals surface area contributed by atoms with Crippen LogP contribution < -0.4 is 10.6 Å². The van der Waals surface area contributed by atoms with Crippen LogP contribution in [0.25, 0.3) is 0 Å². The third-order valence-corrected chi connectivity index (χ3v) is 3.19. The molecule has 0 aliphatic heterocycles. The van der Waals surface area contributed by atoms with E-state index in [0.29, 0.717) is 0 Å². The number of carbonyl (C=O) groups is 2. The number of aromatic hydroxyl groups is 2. The quantitative estimate of drug-likeness (QED) is 0.363. The molecule has 0 fully saturated rings. The number of hydrogen-bond acceptors (Lipinski definition) is 5. The van der Waals surface area contributed by atoms with Gasteiger partial charge < -0.3 is 31.1 Å². The summed E-state index contributed by atoms with van der Waals surface area (Å²) in [6.07, 6.45) is 0. The van der Waals surface area contributed by atoms with Crippen molar-refractivity contribution < 1.29 is 30.0 Å². The normalized spacial score (nSPS) is 10.0. The lowest BCUT2D eigenvalue weighted by molar-refractivity contribution is 0.0686. The molecular weight excluding hydrogens is 336 g/mol. The topological polar surface area (TPSA) is 139 Å². The molecule has 0 aliphatic carbocycles. The van der Waals surface area contributed by atoms with Gasteiger partial charge in [-0.05, 0) is 48.6 Å². The van der Waals surface area contributed by atoms with E-state index in [2.05, 4.69) is 10.6 Å². The Bertz CT molecular complexity index is 769. The van der Waals surface area contributed by atoms with Gasteiger partial charge in [0, 0.05) is 0 Å². The average Bonchev–Trinajstić information content (AvgIpc) is 2.51. The van der Waals surface area contributed by atoms with Crippen molar-refractivity contribution in [1.29, 1.82) is 0 Å². The van der Waals surface area contributed by atoms with E-state index in [9.17, 15) is 19.8 Å². The molecule has 0 saturated heterocycles. The van der Waals surface area contributed by atoms with Gasteiger partial charge in [0.05, 0.1) is 22.5 Å². The highest BCUT2D eigenvalue weighted by Gasteiger charge is 2.12. The number of benzene rings is 2. The molecule has 2 rings (SSSR count). The van der Waals surface area contributed by atoms with Crippen LogP contribution in [0.1, 0.15) is 20.7 Å². The number of nitrogens with one attached hydrogen (secondary N) is 2. The third kappa shape index (κ3) is 3.90. The van der Waals surface area contributed by atoms with E-state index in [0.717, 1.165) is 0 Å². The Kier molecular flexibility index (Phi) is 4.85. The number of phenols is 2. The predicted octanol–water partition coefficient (Wildman–Crippen LogP) is 2.30. The number of carboxylic acids is 2. The van der Waals surface area contributed by atoms with Crippen molar-refractivity contribution >= 4 is 40.6 Å². The summed E-state index contributed by atoms with van der Waals surface area (Å²) in [5.74, 6) is -2.81. The first kappa shape index (κ1) is 17.0. The molecule has 0 atom stereocenters. The minimum Gasteiger partial charge on any atom is -0.506 e. The van der Waals surface area contributed by atoms with Crippen molar-refractivity contribution in [1.82, 2.24) is 0 Å². The van der Waals surface area contributed by atoms with Gasteiger partial charge in [0.1, 0.15) is 11.5 Å². The first-order valence-electron chi connectivity index (χ1n) is 6.48. The standard InChI is InChI=1S/C15H12N2O6S/c18-11-3-1-7(13(20)21)5-9(11)16-15(24)17-10-6-8(14(22)23)2-4-12(10)19/h1-6,18-19H,(H,20,21)(H,22,23)(H2,16,17,24). The van der Waals surface area contributed by atoms with Crippen molar-refractivity contribution in [2.45, 2.75) is 0 Å². The molecule has 0 saturated carbocycles. The summed E-state index contributed by atoms with van der Waals surface area (Å²) in [6.45, 7) is 0. The molecule has 0 unspecified atom stereocenters. The molecule has 0 aliphatic rings. The van der Waals surface area contributed by atoms with Gasteiger partial charge in [-0.1, -0.05) is 0 Å². The maximum Gasteiger partial charge on any atom is 0.335 e. The Morgan fingerprint density at radius 3 is 1.50 bits per heavy atom. The first-order chi connectivity index (χ1) is 11.3. The van der Waals surface area contributed by atoms with Gasteiger partial charge >= 0.3 is 11.9 Å². The lowest BCUT2D eigenvalue weighted by Gasteiger charge is -2.13. The van der Waals surface area contributed by atoms with Crippen LogP contribution >= 0.6 is 12.2 Å². The van der Waals surface area contributed by atoms with Crippen LogP contribution in [0.2, 0.25) is 0 Å². The monoisotopic (exact) mass is 348 g/mol. The fourth-order valence-corrected chi connectivity index (χ4v) is 2.03. The van der Waals surface area contributed by atoms with Gasteiger partial charge in [0.15, 0.2) is 5.11 Å². The van der Waals surface area contributed by atoms with Crippen molar-refractivity contribution in [2.24, 2.45) is 0 Å². The third-order valence-electron chi connectivity index (χ3n) is 2.98. The zero-order chi connectivity index (χ0) is 17.9. The molecule has 0 spiro atoms. The van der Waals surface area contributed by atoms with Gasteiger partial charge in [0.2, 0.25) is 0 Å². The number of phenolic OH excluding ortho intramolecular Hbond substituents is 2. The Morgan fingerprint density at radius 1 is 0.792 bits per heavy atom. The second kappa shape index (κ2) is 6.84. The average molecular weight is 348 g/mol. The van der Waals surface area contributed by atoms with E-state index in [1.165, 1.54) is 36.4 Å². The van der Waals surface area contributed by atoms with Crippen molar-refractivity contribution in [3.8, 4) is 11.5 Å². The maximum atomic E-state index is 10.9. The van der Waals surface area contributed by atoms with Crippen LogP contribution in [0.5, 0.6) is 11.5 Å². The number of thiocarbonyl (C=S) groups is 1. The van der Waals surface area contributed by atoms with E-state index in [4.69, 9.17) is 22.4 Å². The van der Waals surface area contributed by atoms with Crippen molar-refractivity contribution in [2.75, 3.05) is 10.6 Å². The van der Waals surface area contributed by atoms with E-state index >= 15 is 0 Å². The summed E-state index contributed by atoms with van der Waals surface area (Å²) < 4.78 is 0. The highest BCUT2D eigenvalue weighted by atomic mass is 32.1. The summed E-state index contributed by atoms with van der Waals surface area (Å²) in [4.78, 5) is 21.9. The SMILES string of the molecule is O=C(O)c1ccc(O)c(NC(=S)Nc2cc(C(=O)O)ccc2O)c1. The molecule has 9 heteroatoms. The number of rotatable bonds is 4. The summed E-state index contributed by atoms with van der Waals surface area (Å²) >= 11 is 5.02. The van der Waals surface area contributed by atoms with Crippen LogP contribution in [0.3, 0.4) is 0 Å². The van der Waals surface area contributed by atoms with Crippen LogP contribution in [0.4, 0.5) is 11.4 Å². The fraction of sp³-hybridized carbons (Fsp3) is 0. The molecule has 2 aromatic rings. The number of carboxylic acid groups (broad SMARTS) is 2. The molecule has 2 aromatic carbocycles. The number of anilines is 2. The molecule has 0 amide bonds. The second-order valence-electron chi connectivity index (χ2n) is 4.65. The molecule has 24 heavy (non-hydrogen) atoms. The highest BCUT2D eigenvalue weighted by molar-refractivity contribution is 7.80. The minimum atomic E-state index is -1.18. The van der Waals surface area contributed by atoms with Crippen LogP contribution in [-0.4, -0.2) is 37.5 Å². The lowest BCUT2D eigenvalue weighted by Crippen LogP contribution is -2.19. The molecule has 0 bridgehead atoms. The summed E-state index contributed by atoms with van der Waals surface area (Å²) in [5.41, 5.74) is -0.0369. The summed E-state index contributed by atoms with van der Waals surface area (Å²) in [5, 5.41) is 42.4. The predicted molar refractivity (Wildman–Crippen MR) is 90.0 cm³/mol. The zero-order valence-electron chi connectivity index (χ0n) is 12.0. The van der Waals surface area contributed by atoms with Gasteiger partial charge in [0.25, 0.3) is 0 Å². The van der Waals surface area contributed by atoms with E-state index in [-0.39, 0.29) is 39.1 Å². The molecule has 0 heterocycles. The Balaban J connectivity index is 2.20. The molecular formula is C15H12N2O6S. The number of aromatic carboxylic acids is 2. The van der Waals surface area contributed by atoms with Gasteiger partial charge in [-0.25, -0.2) is 9.59 Å². The lowest BCUT2D eigenvalue weighted by atomic mass is 10.2. The molecule has 6 N–H and O–H groups in total. The molecule has 0 aromatic heterocycles. The van der Waals surface area contributed by atoms with Crippen LogP contribution in [-0.2, 0) is 0 Å². The smallest absolute Gasteiger partial charge is 0.335 e. The van der Waals surface area contributed by atoms with Crippen LogP contribution in [0.15, 0.2) is 36.4 Å². The van der Waals surface area contributed by atoms with Gasteiger partial charge in [-0.3, -0.25) is 0 Å². The Labute approximate surface area is 141 Å². The summed E-state index contributed by atoms with van der Waals surface area (Å²) in [6, 6.07) is 7.19. The molecule has 0 radical (unpaired) electrons. The minimum absolute atomic E-state index is 0.0429. The van der Waals surface area contributed by atoms with Crippen molar-refractivity contribution in [3.05, 3.63) is 47.5 Å².